The van der Waals surface area contributed by atoms with Gasteiger partial charge in [0.25, 0.3) is 0 Å². The van der Waals surface area contributed by atoms with E-state index in [-0.39, 0.29) is 12.8 Å². The largest absolute Gasteiger partial charge is 0.480 e. The summed E-state index contributed by atoms with van der Waals surface area (Å²) in [5.74, 6) is -2.47. The number of phosphoric acid groups is 1. The molecule has 0 aromatic rings. The van der Waals surface area contributed by atoms with Gasteiger partial charge in [0.2, 0.25) is 5.91 Å². The maximum Gasteiger partial charge on any atom is 0.472 e. The number of carbonyl (C=O) groups excluding carboxylic acids is 2. The third-order valence-corrected chi connectivity index (χ3v) is 8.00. The summed E-state index contributed by atoms with van der Waals surface area (Å²) in [6.07, 6.45) is 27.6. The van der Waals surface area contributed by atoms with Gasteiger partial charge in [-0.1, -0.05) is 109 Å². The van der Waals surface area contributed by atoms with E-state index >= 15 is 0 Å². The summed E-state index contributed by atoms with van der Waals surface area (Å²) in [5.41, 5.74) is 0. The number of phosphoric ester groups is 1. The number of aliphatic carboxylic acids is 1. The van der Waals surface area contributed by atoms with Gasteiger partial charge in [-0.3, -0.25) is 18.6 Å². The number of ether oxygens (including phenoxy) is 1. The Hall–Kier alpha value is -2.04. The second-order valence-electron chi connectivity index (χ2n) is 11.3. The Labute approximate surface area is 270 Å². The Bertz CT molecular complexity index is 880. The molecule has 12 heteroatoms. The number of carboxylic acids is 1. The molecular weight excluding hydrogens is 601 g/mol. The molecule has 3 unspecified atom stereocenters. The van der Waals surface area contributed by atoms with E-state index in [1.807, 2.05) is 0 Å². The molecule has 4 N–H and O–H groups in total. The molecule has 11 nitrogen and oxygen atoms in total. The van der Waals surface area contributed by atoms with Crippen LogP contribution >= 0.6 is 7.82 Å². The van der Waals surface area contributed by atoms with Crippen molar-refractivity contribution in [2.24, 2.45) is 0 Å². The zero-order valence-electron chi connectivity index (χ0n) is 27.7. The van der Waals surface area contributed by atoms with E-state index in [1.54, 1.807) is 6.92 Å². The summed E-state index contributed by atoms with van der Waals surface area (Å²) >= 11 is 0. The molecule has 0 aliphatic heterocycles. The normalized spacial score (nSPS) is 14.4. The lowest BCUT2D eigenvalue weighted by atomic mass is 10.0. The Morgan fingerprint density at radius 2 is 1.24 bits per heavy atom. The molecule has 45 heavy (non-hydrogen) atoms. The Morgan fingerprint density at radius 1 is 0.733 bits per heavy atom. The van der Waals surface area contributed by atoms with E-state index in [2.05, 4.69) is 50.3 Å². The van der Waals surface area contributed by atoms with Crippen LogP contribution in [0, 0.1) is 0 Å². The number of amides is 1. The molecule has 0 bridgehead atoms. The first-order chi connectivity index (χ1) is 21.6. The molecule has 0 heterocycles. The van der Waals surface area contributed by atoms with Crippen molar-refractivity contribution in [2.45, 2.75) is 148 Å². The van der Waals surface area contributed by atoms with Crippen LogP contribution in [0.2, 0.25) is 0 Å². The number of aliphatic hydroxyl groups excluding tert-OH is 1. The number of carboxylic acid groups (broad SMARTS) is 1. The summed E-state index contributed by atoms with van der Waals surface area (Å²) in [6.45, 7) is 1.89. The average Bonchev–Trinajstić information content (AvgIpc) is 3.01. The third-order valence-electron chi connectivity index (χ3n) is 7.05. The fraction of sp³-hybridized carbons (Fsp3) is 0.788. The van der Waals surface area contributed by atoms with Crippen molar-refractivity contribution in [1.82, 2.24) is 5.32 Å². The van der Waals surface area contributed by atoms with Crippen LogP contribution in [-0.2, 0) is 32.7 Å². The van der Waals surface area contributed by atoms with Gasteiger partial charge in [-0.2, -0.15) is 0 Å². The van der Waals surface area contributed by atoms with Gasteiger partial charge >= 0.3 is 19.8 Å². The molecule has 0 saturated heterocycles. The third kappa shape index (κ3) is 29.1. The standard InChI is InChI=1S/C33H60NO10P/c1-3-5-6-7-8-9-10-11-12-13-14-15-16-17-18-19-20-21-22-23-24-25-31(36)34-30(33(38)39)28-44-45(40,41)43-27-29(35)26-42-32(37)4-2/h8-9,11-12,29-30,35H,3-7,10,13-28H2,1-2H3,(H,34,36)(H,38,39)(H,40,41)/b9-8-,12-11-. The zero-order chi connectivity index (χ0) is 33.6. The molecule has 0 saturated carbocycles. The Kier molecular flexibility index (Phi) is 28.0. The average molecular weight is 662 g/mol. The maximum absolute atomic E-state index is 12.2. The molecule has 0 aromatic carbocycles. The summed E-state index contributed by atoms with van der Waals surface area (Å²) in [4.78, 5) is 44.4. The van der Waals surface area contributed by atoms with E-state index in [0.717, 1.165) is 25.7 Å². The minimum Gasteiger partial charge on any atom is -0.480 e. The van der Waals surface area contributed by atoms with Crippen LogP contribution in [0.3, 0.4) is 0 Å². The van der Waals surface area contributed by atoms with Crippen LogP contribution in [0.1, 0.15) is 136 Å². The van der Waals surface area contributed by atoms with Crippen LogP contribution in [0.5, 0.6) is 0 Å². The number of unbranched alkanes of at least 4 members (excludes halogenated alkanes) is 14. The fourth-order valence-electron chi connectivity index (χ4n) is 4.32. The molecule has 0 fully saturated rings. The van der Waals surface area contributed by atoms with Gasteiger partial charge in [-0.25, -0.2) is 9.36 Å². The number of nitrogens with one attached hydrogen (secondary N) is 1. The van der Waals surface area contributed by atoms with E-state index < -0.39 is 57.6 Å². The van der Waals surface area contributed by atoms with Gasteiger partial charge in [-0.05, 0) is 38.5 Å². The smallest absolute Gasteiger partial charge is 0.472 e. The second kappa shape index (κ2) is 29.4. The second-order valence-corrected chi connectivity index (χ2v) is 12.8. The number of carbonyl (C=O) groups is 3. The van der Waals surface area contributed by atoms with Crippen molar-refractivity contribution in [3.8, 4) is 0 Å². The maximum atomic E-state index is 12.2. The molecule has 0 spiro atoms. The Morgan fingerprint density at radius 3 is 1.78 bits per heavy atom. The molecule has 0 aliphatic rings. The predicted molar refractivity (Wildman–Crippen MR) is 176 cm³/mol. The summed E-state index contributed by atoms with van der Waals surface area (Å²) in [5, 5.41) is 21.3. The topological polar surface area (TPSA) is 169 Å². The van der Waals surface area contributed by atoms with Crippen molar-refractivity contribution in [2.75, 3.05) is 19.8 Å². The molecule has 0 rings (SSSR count). The van der Waals surface area contributed by atoms with Gasteiger partial charge in [-0.15, -0.1) is 0 Å². The molecule has 262 valence electrons. The van der Waals surface area contributed by atoms with Crippen LogP contribution < -0.4 is 5.32 Å². The molecule has 0 radical (unpaired) electrons. The zero-order valence-corrected chi connectivity index (χ0v) is 28.6. The minimum atomic E-state index is -4.72. The molecule has 0 aliphatic carbocycles. The highest BCUT2D eigenvalue weighted by atomic mass is 31.2. The number of aliphatic hydroxyl groups is 1. The lowest BCUT2D eigenvalue weighted by molar-refractivity contribution is -0.146. The lowest BCUT2D eigenvalue weighted by Gasteiger charge is -2.18. The fourth-order valence-corrected chi connectivity index (χ4v) is 5.10. The highest BCUT2D eigenvalue weighted by Crippen LogP contribution is 2.43. The van der Waals surface area contributed by atoms with E-state index in [1.165, 1.54) is 77.0 Å². The van der Waals surface area contributed by atoms with E-state index in [4.69, 9.17) is 0 Å². The number of allylic oxidation sites excluding steroid dienone is 4. The first-order valence-corrected chi connectivity index (χ1v) is 18.4. The molecule has 3 atom stereocenters. The minimum absolute atomic E-state index is 0.106. The number of esters is 1. The number of hydrogen-bond donors (Lipinski definition) is 4. The monoisotopic (exact) mass is 661 g/mol. The molecule has 0 aromatic heterocycles. The van der Waals surface area contributed by atoms with Crippen LogP contribution in [0.25, 0.3) is 0 Å². The van der Waals surface area contributed by atoms with Crippen molar-refractivity contribution in [3.63, 3.8) is 0 Å². The van der Waals surface area contributed by atoms with Crippen LogP contribution in [-0.4, -0.2) is 64.9 Å². The van der Waals surface area contributed by atoms with Crippen LogP contribution in [0.15, 0.2) is 24.3 Å². The van der Waals surface area contributed by atoms with Gasteiger partial charge in [0, 0.05) is 12.8 Å². The first kappa shape index (κ1) is 43.0. The summed E-state index contributed by atoms with van der Waals surface area (Å²) in [7, 11) is -4.72. The van der Waals surface area contributed by atoms with Crippen molar-refractivity contribution >= 4 is 25.7 Å². The quantitative estimate of drug-likeness (QED) is 0.0259. The highest BCUT2D eigenvalue weighted by molar-refractivity contribution is 7.47. The molecular formula is C33H60NO10P. The van der Waals surface area contributed by atoms with Crippen LogP contribution in [0.4, 0.5) is 0 Å². The highest BCUT2D eigenvalue weighted by Gasteiger charge is 2.28. The Balaban J connectivity index is 3.80. The lowest BCUT2D eigenvalue weighted by Crippen LogP contribution is -2.43. The van der Waals surface area contributed by atoms with Gasteiger partial charge in [0.1, 0.15) is 12.7 Å². The van der Waals surface area contributed by atoms with Crippen molar-refractivity contribution in [3.05, 3.63) is 24.3 Å². The summed E-state index contributed by atoms with van der Waals surface area (Å²) in [6, 6.07) is -1.54. The number of hydrogen-bond acceptors (Lipinski definition) is 8. The van der Waals surface area contributed by atoms with Gasteiger partial charge in [0.05, 0.1) is 13.2 Å². The molecule has 1 amide bonds. The van der Waals surface area contributed by atoms with Crippen molar-refractivity contribution < 1.29 is 47.8 Å². The van der Waals surface area contributed by atoms with E-state index in [0.29, 0.717) is 6.42 Å². The summed E-state index contributed by atoms with van der Waals surface area (Å²) < 4.78 is 25.9. The van der Waals surface area contributed by atoms with E-state index in [9.17, 15) is 34.1 Å². The van der Waals surface area contributed by atoms with Gasteiger partial charge in [0.15, 0.2) is 6.04 Å². The van der Waals surface area contributed by atoms with Gasteiger partial charge < -0.3 is 25.2 Å². The number of rotatable bonds is 31. The first-order valence-electron chi connectivity index (χ1n) is 16.9. The predicted octanol–water partition coefficient (Wildman–Crippen LogP) is 7.16. The SMILES string of the molecule is CCCCC/C=C\C/C=C\CCCCCCCCCCCCCC(=O)NC(COP(=O)(O)OCC(O)COC(=O)CC)C(=O)O. The van der Waals surface area contributed by atoms with Crippen molar-refractivity contribution in [1.29, 1.82) is 0 Å².